The van der Waals surface area contributed by atoms with Crippen molar-refractivity contribution in [2.75, 3.05) is 6.54 Å². The van der Waals surface area contributed by atoms with Gasteiger partial charge in [-0.15, -0.1) is 0 Å². The molecule has 2 rings (SSSR count). The van der Waals surface area contributed by atoms with Gasteiger partial charge in [-0.1, -0.05) is 31.2 Å². The lowest BCUT2D eigenvalue weighted by molar-refractivity contribution is 0.598. The average molecular weight is 257 g/mol. The van der Waals surface area contributed by atoms with E-state index in [1.807, 2.05) is 10.9 Å². The second kappa shape index (κ2) is 6.02. The summed E-state index contributed by atoms with van der Waals surface area (Å²) in [4.78, 5) is 0. The Bertz CT molecular complexity index is 525. The molecule has 1 atom stereocenters. The van der Waals surface area contributed by atoms with Gasteiger partial charge in [0, 0.05) is 23.8 Å². The second-order valence-electron chi connectivity index (χ2n) is 4.86. The first-order valence-corrected chi connectivity index (χ1v) is 7.03. The van der Waals surface area contributed by atoms with Crippen molar-refractivity contribution >= 4 is 0 Å². The molecular weight excluding hydrogens is 234 g/mol. The van der Waals surface area contributed by atoms with Crippen LogP contribution < -0.4 is 5.32 Å². The van der Waals surface area contributed by atoms with Crippen LogP contribution in [0.25, 0.3) is 11.1 Å². The van der Waals surface area contributed by atoms with Gasteiger partial charge in [0.05, 0.1) is 6.20 Å². The molecule has 1 aromatic carbocycles. The molecule has 0 amide bonds. The zero-order chi connectivity index (χ0) is 13.8. The van der Waals surface area contributed by atoms with Crippen LogP contribution in [0.2, 0.25) is 0 Å². The third-order valence-electron chi connectivity index (χ3n) is 3.63. The van der Waals surface area contributed by atoms with E-state index >= 15 is 0 Å². The molecule has 0 aliphatic carbocycles. The molecule has 2 aromatic rings. The van der Waals surface area contributed by atoms with E-state index in [0.29, 0.717) is 6.04 Å². The molecule has 1 aromatic heterocycles. The first kappa shape index (κ1) is 13.8. The molecule has 0 radical (unpaired) electrons. The van der Waals surface area contributed by atoms with Crippen molar-refractivity contribution in [3.63, 3.8) is 0 Å². The number of aryl methyl sites for hydroxylation is 1. The van der Waals surface area contributed by atoms with Gasteiger partial charge < -0.3 is 5.32 Å². The summed E-state index contributed by atoms with van der Waals surface area (Å²) in [6, 6.07) is 9.18. The molecule has 102 valence electrons. The van der Waals surface area contributed by atoms with Crippen LogP contribution in [0.15, 0.2) is 30.5 Å². The highest BCUT2D eigenvalue weighted by Crippen LogP contribution is 2.24. The topological polar surface area (TPSA) is 29.9 Å². The Balaban J connectivity index is 2.24. The lowest BCUT2D eigenvalue weighted by Crippen LogP contribution is -2.17. The summed E-state index contributed by atoms with van der Waals surface area (Å²) in [6.07, 6.45) is 1.96. The summed E-state index contributed by atoms with van der Waals surface area (Å²) in [5, 5.41) is 7.83. The highest BCUT2D eigenvalue weighted by atomic mass is 15.3. The van der Waals surface area contributed by atoms with Crippen LogP contribution in [0, 0.1) is 6.92 Å². The molecule has 0 saturated heterocycles. The number of hydrogen-bond donors (Lipinski definition) is 1. The minimum atomic E-state index is 0.401. The molecule has 0 bridgehead atoms. The molecule has 1 heterocycles. The van der Waals surface area contributed by atoms with E-state index in [0.717, 1.165) is 13.1 Å². The third-order valence-corrected chi connectivity index (χ3v) is 3.63. The van der Waals surface area contributed by atoms with Crippen molar-refractivity contribution < 1.29 is 0 Å². The normalized spacial score (nSPS) is 12.6. The van der Waals surface area contributed by atoms with Gasteiger partial charge in [-0.2, -0.15) is 5.10 Å². The summed E-state index contributed by atoms with van der Waals surface area (Å²) in [7, 11) is 0. The summed E-state index contributed by atoms with van der Waals surface area (Å²) < 4.78 is 2.03. The molecule has 1 unspecified atom stereocenters. The van der Waals surface area contributed by atoms with Gasteiger partial charge in [0.1, 0.15) is 0 Å². The number of nitrogens with zero attached hydrogens (tertiary/aromatic N) is 2. The Hall–Kier alpha value is -1.61. The van der Waals surface area contributed by atoms with Crippen LogP contribution >= 0.6 is 0 Å². The third kappa shape index (κ3) is 2.87. The van der Waals surface area contributed by atoms with Crippen LogP contribution in [0.4, 0.5) is 0 Å². The standard InChI is InChI=1S/C16H23N3/c1-5-17-12(3)14-7-9-15(10-8-14)16-11-18-19(6-2)13(16)4/h7-12,17H,5-6H2,1-4H3. The SMILES string of the molecule is CCNC(C)c1ccc(-c2cnn(CC)c2C)cc1. The molecule has 19 heavy (non-hydrogen) atoms. The minimum absolute atomic E-state index is 0.401. The Labute approximate surface area is 115 Å². The van der Waals surface area contributed by atoms with Crippen LogP contribution in [-0.4, -0.2) is 16.3 Å². The van der Waals surface area contributed by atoms with Crippen LogP contribution in [-0.2, 0) is 6.54 Å². The largest absolute Gasteiger partial charge is 0.310 e. The summed E-state index contributed by atoms with van der Waals surface area (Å²) in [5.74, 6) is 0. The quantitative estimate of drug-likeness (QED) is 0.887. The van der Waals surface area contributed by atoms with Crippen molar-refractivity contribution in [3.05, 3.63) is 41.7 Å². The zero-order valence-electron chi connectivity index (χ0n) is 12.3. The van der Waals surface area contributed by atoms with Gasteiger partial charge in [-0.25, -0.2) is 0 Å². The predicted octanol–water partition coefficient (Wildman–Crippen LogP) is 3.55. The molecule has 3 heteroatoms. The van der Waals surface area contributed by atoms with E-state index in [1.165, 1.54) is 22.4 Å². The van der Waals surface area contributed by atoms with Crippen LogP contribution in [0.3, 0.4) is 0 Å². The monoisotopic (exact) mass is 257 g/mol. The van der Waals surface area contributed by atoms with Crippen molar-refractivity contribution in [2.24, 2.45) is 0 Å². The number of aromatic nitrogens is 2. The first-order valence-electron chi connectivity index (χ1n) is 7.03. The van der Waals surface area contributed by atoms with Gasteiger partial charge >= 0.3 is 0 Å². The number of nitrogens with one attached hydrogen (secondary N) is 1. The smallest absolute Gasteiger partial charge is 0.0571 e. The summed E-state index contributed by atoms with van der Waals surface area (Å²) in [6.45, 7) is 10.5. The molecule has 0 saturated carbocycles. The van der Waals surface area contributed by atoms with Gasteiger partial charge in [0.25, 0.3) is 0 Å². The molecule has 0 fully saturated rings. The Morgan fingerprint density at radius 3 is 2.42 bits per heavy atom. The van der Waals surface area contributed by atoms with Crippen molar-refractivity contribution in [3.8, 4) is 11.1 Å². The molecule has 1 N–H and O–H groups in total. The number of benzene rings is 1. The van der Waals surface area contributed by atoms with Gasteiger partial charge in [0.2, 0.25) is 0 Å². The first-order chi connectivity index (χ1) is 9.17. The van der Waals surface area contributed by atoms with E-state index in [9.17, 15) is 0 Å². The summed E-state index contributed by atoms with van der Waals surface area (Å²) >= 11 is 0. The van der Waals surface area contributed by atoms with E-state index in [-0.39, 0.29) is 0 Å². The fourth-order valence-electron chi connectivity index (χ4n) is 2.42. The van der Waals surface area contributed by atoms with Crippen molar-refractivity contribution in [1.29, 1.82) is 0 Å². The predicted molar refractivity (Wildman–Crippen MR) is 80.2 cm³/mol. The van der Waals surface area contributed by atoms with E-state index in [2.05, 4.69) is 62.4 Å². The van der Waals surface area contributed by atoms with E-state index in [1.54, 1.807) is 0 Å². The second-order valence-corrected chi connectivity index (χ2v) is 4.86. The number of rotatable bonds is 5. The maximum absolute atomic E-state index is 4.40. The highest BCUT2D eigenvalue weighted by Gasteiger charge is 2.08. The molecule has 0 aliphatic rings. The van der Waals surface area contributed by atoms with Crippen molar-refractivity contribution in [1.82, 2.24) is 15.1 Å². The van der Waals surface area contributed by atoms with E-state index < -0.39 is 0 Å². The van der Waals surface area contributed by atoms with Gasteiger partial charge in [-0.05, 0) is 38.4 Å². The lowest BCUT2D eigenvalue weighted by Gasteiger charge is -2.13. The average Bonchev–Trinajstić information content (AvgIpc) is 2.80. The molecule has 3 nitrogen and oxygen atoms in total. The Kier molecular flexibility index (Phi) is 4.38. The fourth-order valence-corrected chi connectivity index (χ4v) is 2.42. The zero-order valence-corrected chi connectivity index (χ0v) is 12.3. The minimum Gasteiger partial charge on any atom is -0.310 e. The van der Waals surface area contributed by atoms with Gasteiger partial charge in [-0.3, -0.25) is 4.68 Å². The van der Waals surface area contributed by atoms with E-state index in [4.69, 9.17) is 0 Å². The van der Waals surface area contributed by atoms with Crippen LogP contribution in [0.1, 0.15) is 38.1 Å². The summed E-state index contributed by atoms with van der Waals surface area (Å²) in [5.41, 5.74) is 5.02. The maximum Gasteiger partial charge on any atom is 0.0571 e. The highest BCUT2D eigenvalue weighted by molar-refractivity contribution is 5.65. The lowest BCUT2D eigenvalue weighted by atomic mass is 10.0. The van der Waals surface area contributed by atoms with Crippen molar-refractivity contribution in [2.45, 2.75) is 40.3 Å². The Morgan fingerprint density at radius 1 is 1.21 bits per heavy atom. The van der Waals surface area contributed by atoms with Gasteiger partial charge in [0.15, 0.2) is 0 Å². The molecule has 0 spiro atoms. The fraction of sp³-hybridized carbons (Fsp3) is 0.438. The molecular formula is C16H23N3. The maximum atomic E-state index is 4.40. The van der Waals surface area contributed by atoms with Crippen LogP contribution in [0.5, 0.6) is 0 Å². The Morgan fingerprint density at radius 2 is 1.89 bits per heavy atom. The molecule has 0 aliphatic heterocycles. The number of hydrogen-bond acceptors (Lipinski definition) is 2.